The van der Waals surface area contributed by atoms with Crippen LogP contribution in [0.25, 0.3) is 0 Å². The highest BCUT2D eigenvalue weighted by Crippen LogP contribution is 2.56. The molecule has 0 aromatic carbocycles. The van der Waals surface area contributed by atoms with Crippen molar-refractivity contribution in [2.24, 2.45) is 23.2 Å². The second-order valence-electron chi connectivity index (χ2n) is 17.8. The SMILES string of the molecule is CO[C@@H]1[C@@H](O)[C@H](O[C@H]2CC[C@@]3(C)C(=CC[C@H]4C(=O)O[C@H]5CO[C@]6(C)OC(=O)/C(=C/C[C@@H]43)[C@H]56)C2)O[C@H](C)[C@H]1O[C@H]1C[C@H](OC)[C@@H](O[C@H]2C[C@H](OC)[C@H](O)[C@@H](C)O2)[C@H](C)O1. The van der Waals surface area contributed by atoms with Gasteiger partial charge in [-0.2, -0.15) is 0 Å². The van der Waals surface area contributed by atoms with E-state index in [0.717, 1.165) is 6.42 Å². The third-order valence-corrected chi connectivity index (χ3v) is 14.4. The monoisotopic (exact) mass is 822 g/mol. The summed E-state index contributed by atoms with van der Waals surface area (Å²) in [4.78, 5) is 26.7. The number of ether oxygens (including phenoxy) is 12. The smallest absolute Gasteiger partial charge is 0.336 e. The molecule has 0 spiro atoms. The fraction of sp³-hybridized carbons (Fsp3) is 0.857. The van der Waals surface area contributed by atoms with E-state index in [1.807, 2.05) is 19.9 Å². The molecule has 326 valence electrons. The molecule has 6 aliphatic heterocycles. The first kappa shape index (κ1) is 42.6. The zero-order valence-electron chi connectivity index (χ0n) is 34.8. The quantitative estimate of drug-likeness (QED) is 0.255. The molecule has 0 unspecified atom stereocenters. The molecule has 16 heteroatoms. The first-order chi connectivity index (χ1) is 27.7. The Morgan fingerprint density at radius 3 is 2.19 bits per heavy atom. The Kier molecular flexibility index (Phi) is 12.2. The Morgan fingerprint density at radius 1 is 0.776 bits per heavy atom. The summed E-state index contributed by atoms with van der Waals surface area (Å²) in [5.74, 6) is -2.67. The number of fused-ring (bicyclic) bond motifs is 3. The predicted molar refractivity (Wildman–Crippen MR) is 199 cm³/mol. The van der Waals surface area contributed by atoms with E-state index in [1.54, 1.807) is 28.1 Å². The van der Waals surface area contributed by atoms with Crippen molar-refractivity contribution in [3.8, 4) is 0 Å². The number of aliphatic hydroxyl groups excluding tert-OH is 2. The Morgan fingerprint density at radius 2 is 1.47 bits per heavy atom. The lowest BCUT2D eigenvalue weighted by Gasteiger charge is -2.51. The van der Waals surface area contributed by atoms with Crippen LogP contribution >= 0.6 is 0 Å². The van der Waals surface area contributed by atoms with E-state index in [9.17, 15) is 19.8 Å². The van der Waals surface area contributed by atoms with Gasteiger partial charge in [-0.05, 0) is 64.2 Å². The third kappa shape index (κ3) is 7.61. The molecule has 16 nitrogen and oxygen atoms in total. The molecular formula is C42H62O16. The van der Waals surface area contributed by atoms with Gasteiger partial charge in [0, 0.05) is 46.7 Å². The number of allylic oxidation sites excluding steroid dienone is 2. The minimum atomic E-state index is -1.16. The van der Waals surface area contributed by atoms with Crippen LogP contribution < -0.4 is 0 Å². The Hall–Kier alpha value is -2.06. The molecule has 0 aromatic heterocycles. The van der Waals surface area contributed by atoms with Crippen molar-refractivity contribution in [3.63, 3.8) is 0 Å². The summed E-state index contributed by atoms with van der Waals surface area (Å²) < 4.78 is 72.7. The minimum absolute atomic E-state index is 0.0780. The van der Waals surface area contributed by atoms with E-state index in [-0.39, 0.29) is 35.9 Å². The van der Waals surface area contributed by atoms with Gasteiger partial charge in [-0.25, -0.2) is 4.79 Å². The first-order valence-electron chi connectivity index (χ1n) is 21.0. The molecule has 0 amide bonds. The van der Waals surface area contributed by atoms with Crippen LogP contribution in [0, 0.1) is 23.2 Å². The molecule has 20 atom stereocenters. The molecule has 2 N–H and O–H groups in total. The number of hydrogen-bond donors (Lipinski definition) is 2. The van der Waals surface area contributed by atoms with Gasteiger partial charge in [0.15, 0.2) is 18.9 Å². The Labute approximate surface area is 340 Å². The second-order valence-corrected chi connectivity index (χ2v) is 17.8. The van der Waals surface area contributed by atoms with E-state index >= 15 is 0 Å². The molecule has 58 heavy (non-hydrogen) atoms. The van der Waals surface area contributed by atoms with Crippen LogP contribution in [0.2, 0.25) is 0 Å². The number of aliphatic hydroxyl groups is 2. The van der Waals surface area contributed by atoms with Gasteiger partial charge < -0.3 is 67.1 Å². The van der Waals surface area contributed by atoms with Crippen molar-refractivity contribution >= 4 is 11.9 Å². The first-order valence-corrected chi connectivity index (χ1v) is 21.0. The number of esters is 2. The van der Waals surface area contributed by atoms with Crippen molar-refractivity contribution in [3.05, 3.63) is 23.3 Å². The summed E-state index contributed by atoms with van der Waals surface area (Å²) in [6.45, 7) is 9.66. The minimum Gasteiger partial charge on any atom is -0.459 e. The maximum Gasteiger partial charge on any atom is 0.336 e. The maximum atomic E-state index is 13.7. The summed E-state index contributed by atoms with van der Waals surface area (Å²) in [5.41, 5.74) is 1.40. The van der Waals surface area contributed by atoms with E-state index in [2.05, 4.69) is 13.0 Å². The van der Waals surface area contributed by atoms with Crippen LogP contribution in [0.3, 0.4) is 0 Å². The molecular weight excluding hydrogens is 760 g/mol. The molecule has 6 fully saturated rings. The van der Waals surface area contributed by atoms with Crippen LogP contribution in [0.15, 0.2) is 23.3 Å². The molecule has 0 radical (unpaired) electrons. The average molecular weight is 823 g/mol. The van der Waals surface area contributed by atoms with Crippen LogP contribution in [0.1, 0.15) is 79.6 Å². The molecule has 5 saturated heterocycles. The summed E-state index contributed by atoms with van der Waals surface area (Å²) in [7, 11) is 4.70. The number of rotatable bonds is 9. The van der Waals surface area contributed by atoms with E-state index in [4.69, 9.17) is 56.8 Å². The van der Waals surface area contributed by atoms with Gasteiger partial charge in [-0.15, -0.1) is 0 Å². The Balaban J connectivity index is 0.889. The highest BCUT2D eigenvalue weighted by atomic mass is 16.8. The van der Waals surface area contributed by atoms with Gasteiger partial charge in [-0.1, -0.05) is 24.6 Å². The predicted octanol–water partition coefficient (Wildman–Crippen LogP) is 2.84. The third-order valence-electron chi connectivity index (χ3n) is 14.4. The summed E-state index contributed by atoms with van der Waals surface area (Å²) in [6.07, 6.45) is -1.34. The maximum absolute atomic E-state index is 13.7. The summed E-state index contributed by atoms with van der Waals surface area (Å²) >= 11 is 0. The highest BCUT2D eigenvalue weighted by molar-refractivity contribution is 5.92. The van der Waals surface area contributed by atoms with Gasteiger partial charge >= 0.3 is 11.9 Å². The van der Waals surface area contributed by atoms with E-state index in [1.165, 1.54) is 12.7 Å². The van der Waals surface area contributed by atoms with Crippen LogP contribution in [-0.4, -0.2) is 148 Å². The normalized spacial score (nSPS) is 51.4. The highest BCUT2D eigenvalue weighted by Gasteiger charge is 2.61. The lowest BCUT2D eigenvalue weighted by molar-refractivity contribution is -0.353. The molecule has 2 aliphatic carbocycles. The van der Waals surface area contributed by atoms with Crippen molar-refractivity contribution in [2.45, 2.75) is 177 Å². The number of hydrogen-bond acceptors (Lipinski definition) is 16. The van der Waals surface area contributed by atoms with Gasteiger partial charge in [-0.3, -0.25) is 4.79 Å². The second kappa shape index (κ2) is 16.7. The van der Waals surface area contributed by atoms with Crippen LogP contribution in [0.5, 0.6) is 0 Å². The zero-order valence-corrected chi connectivity index (χ0v) is 34.8. The Bertz CT molecular complexity index is 1590. The fourth-order valence-corrected chi connectivity index (χ4v) is 11.1. The van der Waals surface area contributed by atoms with Gasteiger partial charge in [0.05, 0.1) is 55.1 Å². The number of carbonyl (C=O) groups is 2. The zero-order chi connectivity index (χ0) is 41.3. The number of carbonyl (C=O) groups excluding carboxylic acids is 2. The summed E-state index contributed by atoms with van der Waals surface area (Å²) in [5, 5.41) is 22.0. The van der Waals surface area contributed by atoms with E-state index < -0.39 is 104 Å². The lowest BCUT2D eigenvalue weighted by atomic mass is 9.55. The van der Waals surface area contributed by atoms with Gasteiger partial charge in [0.25, 0.3) is 0 Å². The van der Waals surface area contributed by atoms with Crippen molar-refractivity contribution in [1.29, 1.82) is 0 Å². The summed E-state index contributed by atoms with van der Waals surface area (Å²) in [6, 6.07) is 0. The molecule has 0 aromatic rings. The van der Waals surface area contributed by atoms with Crippen molar-refractivity contribution < 1.29 is 76.6 Å². The topological polar surface area (TPSA) is 185 Å². The van der Waals surface area contributed by atoms with Gasteiger partial charge in [0.1, 0.15) is 36.6 Å². The van der Waals surface area contributed by atoms with Crippen LogP contribution in [-0.2, 0) is 66.4 Å². The molecule has 1 saturated carbocycles. The van der Waals surface area contributed by atoms with Crippen LogP contribution in [0.4, 0.5) is 0 Å². The molecule has 8 aliphatic rings. The largest absolute Gasteiger partial charge is 0.459 e. The van der Waals surface area contributed by atoms with Gasteiger partial charge in [0.2, 0.25) is 5.79 Å². The number of methoxy groups -OCH3 is 3. The molecule has 6 heterocycles. The average Bonchev–Trinajstić information content (AvgIpc) is 3.65. The van der Waals surface area contributed by atoms with Crippen molar-refractivity contribution in [2.75, 3.05) is 27.9 Å². The standard InChI is InChI=1S/C42H62O16/c1-19-33(43)27(47-6)16-30(51-19)56-35-20(2)52-31(17-28(35)48-7)57-36-21(3)53-40(34(44)37(36)49-8)54-23-13-14-41(4)22(15-23)9-10-24-26(41)12-11-25-32-29(55-38(24)45)18-50-42(32,5)58-39(25)46/h9,11,19-21,23-24,26-37,40,43-44H,10,12-18H2,1-8H3/b25-11+/t19-,20+,21-,23+,24-,26+,27+,28+,29+,30+,31+,32-,33-,34-,35+,36-,37-,40+,41+,42-/m1/s1. The van der Waals surface area contributed by atoms with Crippen molar-refractivity contribution in [1.82, 2.24) is 0 Å². The molecule has 8 rings (SSSR count). The fourth-order valence-electron chi connectivity index (χ4n) is 11.1. The lowest BCUT2D eigenvalue weighted by Crippen LogP contribution is -2.61. The van der Waals surface area contributed by atoms with E-state index in [0.29, 0.717) is 44.1 Å². The molecule has 0 bridgehead atoms.